The fraction of sp³-hybridized carbons (Fsp3) is 0.444. The van der Waals surface area contributed by atoms with E-state index in [1.807, 2.05) is 45.0 Å². The Labute approximate surface area is 205 Å². The van der Waals surface area contributed by atoms with Crippen molar-refractivity contribution in [2.75, 3.05) is 32.8 Å². The van der Waals surface area contributed by atoms with Gasteiger partial charge in [-0.3, -0.25) is 9.59 Å². The van der Waals surface area contributed by atoms with Gasteiger partial charge < -0.3 is 24.4 Å². The molecule has 0 aliphatic carbocycles. The summed E-state index contributed by atoms with van der Waals surface area (Å²) >= 11 is 0. The highest BCUT2D eigenvalue weighted by Crippen LogP contribution is 2.32. The number of fused-ring (bicyclic) bond motifs is 1. The molecule has 0 saturated carbocycles. The first kappa shape index (κ1) is 24.6. The van der Waals surface area contributed by atoms with Gasteiger partial charge in [0, 0.05) is 31.6 Å². The van der Waals surface area contributed by atoms with E-state index >= 15 is 0 Å². The van der Waals surface area contributed by atoms with Crippen molar-refractivity contribution in [3.8, 4) is 11.5 Å². The van der Waals surface area contributed by atoms with Gasteiger partial charge in [0.05, 0.1) is 5.56 Å². The monoisotopic (exact) mass is 480 g/mol. The SMILES string of the molecule is Cc1cc(C)c(C(=O)O)c(CC(C)(C)C(=O)N2CCN(C(=O)C3COc4ccccc4O3)CC2)c1. The topological polar surface area (TPSA) is 96.4 Å². The smallest absolute Gasteiger partial charge is 0.336 e. The van der Waals surface area contributed by atoms with Crippen molar-refractivity contribution >= 4 is 17.8 Å². The van der Waals surface area contributed by atoms with E-state index in [9.17, 15) is 19.5 Å². The fourth-order valence-electron chi connectivity index (χ4n) is 4.96. The number of benzene rings is 2. The molecule has 2 heterocycles. The summed E-state index contributed by atoms with van der Waals surface area (Å²) in [5.41, 5.74) is 1.80. The van der Waals surface area contributed by atoms with Crippen LogP contribution in [0.25, 0.3) is 0 Å². The van der Waals surface area contributed by atoms with E-state index in [0.717, 1.165) is 5.56 Å². The van der Waals surface area contributed by atoms with Gasteiger partial charge in [-0.2, -0.15) is 0 Å². The van der Waals surface area contributed by atoms with Crippen LogP contribution in [0.5, 0.6) is 11.5 Å². The summed E-state index contributed by atoms with van der Waals surface area (Å²) in [6.45, 7) is 9.20. The second-order valence-corrected chi connectivity index (χ2v) is 9.96. The first-order valence-electron chi connectivity index (χ1n) is 11.9. The van der Waals surface area contributed by atoms with Crippen LogP contribution in [-0.2, 0) is 16.0 Å². The van der Waals surface area contributed by atoms with Crippen LogP contribution in [0.3, 0.4) is 0 Å². The molecule has 1 unspecified atom stereocenters. The molecular weight excluding hydrogens is 448 g/mol. The highest BCUT2D eigenvalue weighted by Gasteiger charge is 2.37. The van der Waals surface area contributed by atoms with Crippen molar-refractivity contribution in [3.63, 3.8) is 0 Å². The summed E-state index contributed by atoms with van der Waals surface area (Å²) < 4.78 is 11.5. The molecule has 1 fully saturated rings. The molecule has 0 bridgehead atoms. The molecule has 2 aliphatic heterocycles. The highest BCUT2D eigenvalue weighted by molar-refractivity contribution is 5.92. The Kier molecular flexibility index (Phi) is 6.74. The maximum Gasteiger partial charge on any atom is 0.336 e. The number of carbonyl (C=O) groups excluding carboxylic acids is 2. The van der Waals surface area contributed by atoms with Gasteiger partial charge in [0.25, 0.3) is 5.91 Å². The zero-order chi connectivity index (χ0) is 25.3. The van der Waals surface area contributed by atoms with Crippen molar-refractivity contribution in [2.24, 2.45) is 5.41 Å². The molecule has 2 aromatic rings. The van der Waals surface area contributed by atoms with E-state index in [1.165, 1.54) is 0 Å². The second-order valence-electron chi connectivity index (χ2n) is 9.96. The van der Waals surface area contributed by atoms with Crippen LogP contribution in [0.4, 0.5) is 0 Å². The number of rotatable bonds is 5. The standard InChI is InChI=1S/C27H32N2O6/c1-17-13-18(2)23(25(31)32)19(14-17)15-27(3,4)26(33)29-11-9-28(10-12-29)24(30)22-16-34-20-7-5-6-8-21(20)35-22/h5-8,13-14,22H,9-12,15-16H2,1-4H3,(H,31,32). The molecule has 0 aromatic heterocycles. The number of carbonyl (C=O) groups is 3. The number of hydrogen-bond acceptors (Lipinski definition) is 5. The zero-order valence-corrected chi connectivity index (χ0v) is 20.7. The number of carboxylic acid groups (broad SMARTS) is 1. The summed E-state index contributed by atoms with van der Waals surface area (Å²) in [5.74, 6) is 0.00622. The Morgan fingerprint density at radius 1 is 1.00 bits per heavy atom. The molecule has 1 saturated heterocycles. The first-order valence-corrected chi connectivity index (χ1v) is 11.9. The summed E-state index contributed by atoms with van der Waals surface area (Å²) in [6.07, 6.45) is -0.385. The van der Waals surface area contributed by atoms with Crippen LogP contribution in [0.2, 0.25) is 0 Å². The average molecular weight is 481 g/mol. The third-order valence-electron chi connectivity index (χ3n) is 6.65. The number of aromatic carboxylic acids is 1. The van der Waals surface area contributed by atoms with Gasteiger partial charge in [-0.25, -0.2) is 4.79 Å². The normalized spacial score (nSPS) is 17.8. The van der Waals surface area contributed by atoms with E-state index in [0.29, 0.717) is 55.2 Å². The predicted octanol–water partition coefficient (Wildman–Crippen LogP) is 3.08. The molecule has 2 aliphatic rings. The van der Waals surface area contributed by atoms with Gasteiger partial charge in [-0.15, -0.1) is 0 Å². The molecule has 1 atom stereocenters. The molecule has 0 spiro atoms. The minimum atomic E-state index is -0.982. The average Bonchev–Trinajstić information content (AvgIpc) is 2.82. The molecular formula is C27H32N2O6. The van der Waals surface area contributed by atoms with Crippen LogP contribution in [-0.4, -0.2) is 71.6 Å². The number of carboxylic acids is 1. The molecule has 8 heteroatoms. The van der Waals surface area contributed by atoms with E-state index < -0.39 is 17.5 Å². The lowest BCUT2D eigenvalue weighted by molar-refractivity contribution is -0.149. The van der Waals surface area contributed by atoms with Gasteiger partial charge in [0.1, 0.15) is 6.61 Å². The number of amides is 2. The summed E-state index contributed by atoms with van der Waals surface area (Å²) in [6, 6.07) is 11.0. The summed E-state index contributed by atoms with van der Waals surface area (Å²) in [7, 11) is 0. The Bertz CT molecular complexity index is 1150. The predicted molar refractivity (Wildman–Crippen MR) is 130 cm³/mol. The van der Waals surface area contributed by atoms with Crippen LogP contribution < -0.4 is 9.47 Å². The number of nitrogens with zero attached hydrogens (tertiary/aromatic N) is 2. The van der Waals surface area contributed by atoms with Crippen molar-refractivity contribution in [1.29, 1.82) is 0 Å². The Balaban J connectivity index is 1.38. The van der Waals surface area contributed by atoms with Gasteiger partial charge in [0.2, 0.25) is 12.0 Å². The van der Waals surface area contributed by atoms with E-state index in [2.05, 4.69) is 0 Å². The lowest BCUT2D eigenvalue weighted by Crippen LogP contribution is -2.56. The lowest BCUT2D eigenvalue weighted by atomic mass is 9.81. The summed E-state index contributed by atoms with van der Waals surface area (Å²) in [5, 5.41) is 9.71. The molecule has 2 aromatic carbocycles. The maximum absolute atomic E-state index is 13.4. The maximum atomic E-state index is 13.4. The minimum absolute atomic E-state index is 0.0497. The quantitative estimate of drug-likeness (QED) is 0.707. The molecule has 0 radical (unpaired) electrons. The molecule has 4 rings (SSSR count). The number of hydrogen-bond donors (Lipinski definition) is 1. The van der Waals surface area contributed by atoms with Gasteiger partial charge >= 0.3 is 5.97 Å². The Morgan fingerprint density at radius 3 is 2.29 bits per heavy atom. The van der Waals surface area contributed by atoms with Gasteiger partial charge in [0.15, 0.2) is 11.5 Å². The Hall–Kier alpha value is -3.55. The third-order valence-corrected chi connectivity index (χ3v) is 6.65. The van der Waals surface area contributed by atoms with Crippen molar-refractivity contribution in [1.82, 2.24) is 9.80 Å². The van der Waals surface area contributed by atoms with Crippen LogP contribution in [0, 0.1) is 19.3 Å². The number of ether oxygens (including phenoxy) is 2. The van der Waals surface area contributed by atoms with Crippen molar-refractivity contribution in [2.45, 2.75) is 40.2 Å². The molecule has 2 amide bonds. The molecule has 35 heavy (non-hydrogen) atoms. The lowest BCUT2D eigenvalue weighted by Gasteiger charge is -2.40. The molecule has 186 valence electrons. The van der Waals surface area contributed by atoms with E-state index in [4.69, 9.17) is 9.47 Å². The van der Waals surface area contributed by atoms with Gasteiger partial charge in [-0.1, -0.05) is 43.7 Å². The van der Waals surface area contributed by atoms with E-state index in [1.54, 1.807) is 28.9 Å². The molecule has 8 nitrogen and oxygen atoms in total. The zero-order valence-electron chi connectivity index (χ0n) is 20.7. The largest absolute Gasteiger partial charge is 0.485 e. The van der Waals surface area contributed by atoms with Crippen molar-refractivity contribution in [3.05, 3.63) is 58.7 Å². The number of piperazine rings is 1. The fourth-order valence-corrected chi connectivity index (χ4v) is 4.96. The van der Waals surface area contributed by atoms with Crippen LogP contribution in [0.1, 0.15) is 40.9 Å². The number of aryl methyl sites for hydroxylation is 2. The third kappa shape index (κ3) is 5.11. The minimum Gasteiger partial charge on any atom is -0.485 e. The van der Waals surface area contributed by atoms with E-state index in [-0.39, 0.29) is 24.0 Å². The highest BCUT2D eigenvalue weighted by atomic mass is 16.6. The van der Waals surface area contributed by atoms with Crippen LogP contribution >= 0.6 is 0 Å². The number of para-hydroxylation sites is 2. The second kappa shape index (κ2) is 9.60. The first-order chi connectivity index (χ1) is 16.6. The van der Waals surface area contributed by atoms with Crippen molar-refractivity contribution < 1.29 is 29.0 Å². The van der Waals surface area contributed by atoms with Crippen LogP contribution in [0.15, 0.2) is 36.4 Å². The Morgan fingerprint density at radius 2 is 1.63 bits per heavy atom. The summed E-state index contributed by atoms with van der Waals surface area (Å²) in [4.78, 5) is 41.8. The van der Waals surface area contributed by atoms with Gasteiger partial charge in [-0.05, 0) is 43.5 Å². The molecule has 1 N–H and O–H groups in total.